The van der Waals surface area contributed by atoms with Gasteiger partial charge in [0, 0.05) is 30.9 Å². The second-order valence-corrected chi connectivity index (χ2v) is 5.33. The number of amides is 1. The number of anilines is 2. The lowest BCUT2D eigenvalue weighted by Crippen LogP contribution is -2.26. The van der Waals surface area contributed by atoms with Crippen LogP contribution in [-0.4, -0.2) is 29.0 Å². The zero-order valence-corrected chi connectivity index (χ0v) is 13.7. The highest BCUT2D eigenvalue weighted by Crippen LogP contribution is 2.16. The van der Waals surface area contributed by atoms with Gasteiger partial charge < -0.3 is 10.2 Å². The number of rotatable bonds is 7. The molecular weight excluding hydrogens is 314 g/mol. The summed E-state index contributed by atoms with van der Waals surface area (Å²) in [4.78, 5) is 22.5. The molecule has 0 saturated heterocycles. The van der Waals surface area contributed by atoms with Gasteiger partial charge in [0.25, 0.3) is 5.91 Å². The van der Waals surface area contributed by atoms with Crippen LogP contribution < -0.4 is 10.2 Å². The van der Waals surface area contributed by atoms with Crippen LogP contribution in [0.5, 0.6) is 0 Å². The quantitative estimate of drug-likeness (QED) is 0.840. The number of benzene rings is 1. The van der Waals surface area contributed by atoms with E-state index >= 15 is 0 Å². The smallest absolute Gasteiger partial charge is 0.274 e. The first-order valence-corrected chi connectivity index (χ1v) is 7.88. The van der Waals surface area contributed by atoms with Gasteiger partial charge in [-0.15, -0.1) is 0 Å². The lowest BCUT2D eigenvalue weighted by Gasteiger charge is -2.22. The summed E-state index contributed by atoms with van der Waals surface area (Å²) in [6, 6.07) is 4.77. The molecule has 7 heteroatoms. The van der Waals surface area contributed by atoms with Gasteiger partial charge in [-0.25, -0.2) is 18.7 Å². The molecule has 1 amide bonds. The molecule has 128 valence electrons. The third-order valence-electron chi connectivity index (χ3n) is 3.37. The first-order valence-electron chi connectivity index (χ1n) is 7.88. The third-order valence-corrected chi connectivity index (χ3v) is 3.37. The number of carbonyl (C=O) groups is 1. The second-order valence-electron chi connectivity index (χ2n) is 5.33. The molecule has 2 rings (SSSR count). The fourth-order valence-electron chi connectivity index (χ4n) is 2.29. The predicted octanol–water partition coefficient (Wildman–Crippen LogP) is 3.63. The molecular formula is C17H20F2N4O. The van der Waals surface area contributed by atoms with E-state index in [0.717, 1.165) is 38.1 Å². The van der Waals surface area contributed by atoms with Crippen molar-refractivity contribution in [3.8, 4) is 0 Å². The SMILES string of the molecule is CCCN(CCC)c1cc(C(=O)Nc2ccc(F)c(F)c2)ncn1. The van der Waals surface area contributed by atoms with Gasteiger partial charge in [0.2, 0.25) is 0 Å². The number of hydrogen-bond donors (Lipinski definition) is 1. The molecule has 1 N–H and O–H groups in total. The first-order chi connectivity index (χ1) is 11.5. The molecule has 0 aliphatic heterocycles. The van der Waals surface area contributed by atoms with Crippen molar-refractivity contribution in [1.82, 2.24) is 9.97 Å². The van der Waals surface area contributed by atoms with Crippen LogP contribution in [0.25, 0.3) is 0 Å². The molecule has 0 spiro atoms. The summed E-state index contributed by atoms with van der Waals surface area (Å²) < 4.78 is 26.1. The Morgan fingerprint density at radius 3 is 2.42 bits per heavy atom. The Kier molecular flexibility index (Phi) is 6.17. The van der Waals surface area contributed by atoms with E-state index in [9.17, 15) is 13.6 Å². The maximum absolute atomic E-state index is 13.2. The van der Waals surface area contributed by atoms with Crippen molar-refractivity contribution in [2.75, 3.05) is 23.3 Å². The first kappa shape index (κ1) is 17.8. The molecule has 0 atom stereocenters. The van der Waals surface area contributed by atoms with Crippen LogP contribution >= 0.6 is 0 Å². The van der Waals surface area contributed by atoms with Crippen molar-refractivity contribution in [3.63, 3.8) is 0 Å². The molecule has 0 saturated carbocycles. The largest absolute Gasteiger partial charge is 0.357 e. The van der Waals surface area contributed by atoms with Gasteiger partial charge in [0.05, 0.1) is 0 Å². The normalized spacial score (nSPS) is 10.5. The number of aromatic nitrogens is 2. The molecule has 2 aromatic rings. The molecule has 0 unspecified atom stereocenters. The molecule has 0 aliphatic carbocycles. The summed E-state index contributed by atoms with van der Waals surface area (Å²) in [6.07, 6.45) is 3.24. The zero-order chi connectivity index (χ0) is 17.5. The van der Waals surface area contributed by atoms with Crippen molar-refractivity contribution in [2.45, 2.75) is 26.7 Å². The van der Waals surface area contributed by atoms with Crippen molar-refractivity contribution in [2.24, 2.45) is 0 Å². The number of nitrogens with zero attached hydrogens (tertiary/aromatic N) is 3. The van der Waals surface area contributed by atoms with Gasteiger partial charge in [-0.3, -0.25) is 4.79 Å². The number of halogens is 2. The third kappa shape index (κ3) is 4.47. The van der Waals surface area contributed by atoms with Crippen LogP contribution in [0, 0.1) is 11.6 Å². The number of carbonyl (C=O) groups excluding carboxylic acids is 1. The Morgan fingerprint density at radius 2 is 1.79 bits per heavy atom. The summed E-state index contributed by atoms with van der Waals surface area (Å²) in [7, 11) is 0. The Hall–Kier alpha value is -2.57. The lowest BCUT2D eigenvalue weighted by molar-refractivity contribution is 0.102. The minimum atomic E-state index is -1.02. The van der Waals surface area contributed by atoms with Gasteiger partial charge >= 0.3 is 0 Å². The maximum atomic E-state index is 13.2. The van der Waals surface area contributed by atoms with E-state index < -0.39 is 17.5 Å². The standard InChI is InChI=1S/C17H20F2N4O/c1-3-7-23(8-4-2)16-10-15(20-11-21-16)17(24)22-12-5-6-13(18)14(19)9-12/h5-6,9-11H,3-4,7-8H2,1-2H3,(H,22,24). The zero-order valence-electron chi connectivity index (χ0n) is 13.7. The second kappa shape index (κ2) is 8.33. The van der Waals surface area contributed by atoms with Crippen molar-refractivity contribution in [3.05, 3.63) is 47.9 Å². The van der Waals surface area contributed by atoms with Crippen molar-refractivity contribution < 1.29 is 13.6 Å². The fraction of sp³-hybridized carbons (Fsp3) is 0.353. The topological polar surface area (TPSA) is 58.1 Å². The van der Waals surface area contributed by atoms with Crippen LogP contribution in [0.4, 0.5) is 20.3 Å². The van der Waals surface area contributed by atoms with Crippen LogP contribution in [0.3, 0.4) is 0 Å². The molecule has 0 radical (unpaired) electrons. The monoisotopic (exact) mass is 334 g/mol. The Labute approximate surface area is 139 Å². The summed E-state index contributed by atoms with van der Waals surface area (Å²) in [5, 5.41) is 2.50. The summed E-state index contributed by atoms with van der Waals surface area (Å²) in [6.45, 7) is 5.80. The summed E-state index contributed by atoms with van der Waals surface area (Å²) in [5.74, 6) is -1.82. The average Bonchev–Trinajstić information content (AvgIpc) is 2.58. The summed E-state index contributed by atoms with van der Waals surface area (Å²) in [5.41, 5.74) is 0.333. The van der Waals surface area contributed by atoms with E-state index in [2.05, 4.69) is 34.0 Å². The molecule has 1 aromatic heterocycles. The molecule has 0 aliphatic rings. The minimum Gasteiger partial charge on any atom is -0.357 e. The molecule has 0 fully saturated rings. The highest BCUT2D eigenvalue weighted by Gasteiger charge is 2.13. The van der Waals surface area contributed by atoms with Gasteiger partial charge in [-0.05, 0) is 25.0 Å². The maximum Gasteiger partial charge on any atom is 0.274 e. The van der Waals surface area contributed by atoms with Gasteiger partial charge in [0.1, 0.15) is 17.8 Å². The molecule has 24 heavy (non-hydrogen) atoms. The Morgan fingerprint density at radius 1 is 1.08 bits per heavy atom. The molecule has 0 bridgehead atoms. The predicted molar refractivity (Wildman–Crippen MR) is 89.1 cm³/mol. The van der Waals surface area contributed by atoms with Crippen molar-refractivity contribution >= 4 is 17.4 Å². The van der Waals surface area contributed by atoms with E-state index in [1.54, 1.807) is 6.07 Å². The van der Waals surface area contributed by atoms with Crippen LogP contribution in [0.1, 0.15) is 37.2 Å². The number of hydrogen-bond acceptors (Lipinski definition) is 4. The van der Waals surface area contributed by atoms with E-state index in [4.69, 9.17) is 0 Å². The Balaban J connectivity index is 2.17. The van der Waals surface area contributed by atoms with Crippen LogP contribution in [0.2, 0.25) is 0 Å². The van der Waals surface area contributed by atoms with E-state index in [1.165, 1.54) is 12.4 Å². The fourth-order valence-corrected chi connectivity index (χ4v) is 2.29. The number of nitrogens with one attached hydrogen (secondary N) is 1. The summed E-state index contributed by atoms with van der Waals surface area (Å²) >= 11 is 0. The Bertz CT molecular complexity index is 703. The highest BCUT2D eigenvalue weighted by molar-refractivity contribution is 6.03. The molecule has 1 aromatic carbocycles. The molecule has 1 heterocycles. The van der Waals surface area contributed by atoms with Crippen molar-refractivity contribution in [1.29, 1.82) is 0 Å². The van der Waals surface area contributed by atoms with Crippen LogP contribution in [-0.2, 0) is 0 Å². The van der Waals surface area contributed by atoms with E-state index in [1.807, 2.05) is 0 Å². The van der Waals surface area contributed by atoms with E-state index in [0.29, 0.717) is 5.82 Å². The highest BCUT2D eigenvalue weighted by atomic mass is 19.2. The lowest BCUT2D eigenvalue weighted by atomic mass is 10.2. The van der Waals surface area contributed by atoms with Gasteiger partial charge in [-0.2, -0.15) is 0 Å². The van der Waals surface area contributed by atoms with Crippen LogP contribution in [0.15, 0.2) is 30.6 Å². The van der Waals surface area contributed by atoms with E-state index in [-0.39, 0.29) is 11.4 Å². The van der Waals surface area contributed by atoms with Gasteiger partial charge in [0.15, 0.2) is 11.6 Å². The van der Waals surface area contributed by atoms with Gasteiger partial charge in [-0.1, -0.05) is 13.8 Å². The average molecular weight is 334 g/mol. The molecule has 5 nitrogen and oxygen atoms in total. The minimum absolute atomic E-state index is 0.165.